The summed E-state index contributed by atoms with van der Waals surface area (Å²) < 4.78 is 5.63. The summed E-state index contributed by atoms with van der Waals surface area (Å²) >= 11 is 6.22. The normalized spacial score (nSPS) is 11.3. The molecule has 0 saturated carbocycles. The maximum atomic E-state index is 6.22. The molecule has 0 bridgehead atoms. The molecule has 0 unspecified atom stereocenters. The topological polar surface area (TPSA) is 24.5 Å². The van der Waals surface area contributed by atoms with Gasteiger partial charge in [-0.2, -0.15) is 0 Å². The highest BCUT2D eigenvalue weighted by atomic mass is 35.5. The third kappa shape index (κ3) is 6.12. The summed E-state index contributed by atoms with van der Waals surface area (Å²) in [5, 5.41) is 4.13. The van der Waals surface area contributed by atoms with Gasteiger partial charge in [0.15, 0.2) is 0 Å². The van der Waals surface area contributed by atoms with Crippen LogP contribution in [-0.2, 0) is 6.54 Å². The molecule has 0 atom stereocenters. The molecule has 20 heavy (non-hydrogen) atoms. The van der Waals surface area contributed by atoms with Crippen molar-refractivity contribution in [3.05, 3.63) is 28.8 Å². The van der Waals surface area contributed by atoms with Crippen LogP contribution in [0.4, 0.5) is 0 Å². The Kier molecular flexibility index (Phi) is 7.97. The van der Waals surface area contributed by atoms with Gasteiger partial charge in [0.2, 0.25) is 0 Å². The monoisotopic (exact) mass is 298 g/mol. The minimum Gasteiger partial charge on any atom is -0.489 e. The summed E-state index contributed by atoms with van der Waals surface area (Å²) in [6, 6.07) is 5.99. The quantitative estimate of drug-likeness (QED) is 0.706. The van der Waals surface area contributed by atoms with Crippen LogP contribution in [0.25, 0.3) is 0 Å². The molecule has 0 heterocycles. The number of hydrogen-bond acceptors (Lipinski definition) is 3. The summed E-state index contributed by atoms with van der Waals surface area (Å²) in [7, 11) is 0. The number of hydrogen-bond donors (Lipinski definition) is 1. The van der Waals surface area contributed by atoms with Gasteiger partial charge in [0.1, 0.15) is 5.75 Å². The highest BCUT2D eigenvalue weighted by Gasteiger charge is 2.05. The Morgan fingerprint density at radius 1 is 1.25 bits per heavy atom. The molecule has 1 N–H and O–H groups in total. The summed E-state index contributed by atoms with van der Waals surface area (Å²) in [6.45, 7) is 13.5. The van der Waals surface area contributed by atoms with Crippen LogP contribution < -0.4 is 10.1 Å². The van der Waals surface area contributed by atoms with Gasteiger partial charge in [-0.3, -0.25) is 0 Å². The molecule has 114 valence electrons. The molecule has 0 aliphatic heterocycles. The van der Waals surface area contributed by atoms with E-state index in [9.17, 15) is 0 Å². The number of likely N-dealkylation sites (N-methyl/N-ethyl adjacent to an activating group) is 1. The lowest BCUT2D eigenvalue weighted by atomic mass is 10.2. The van der Waals surface area contributed by atoms with E-state index >= 15 is 0 Å². The molecule has 0 aliphatic carbocycles. The Bertz CT molecular complexity index is 392. The maximum Gasteiger partial charge on any atom is 0.138 e. The summed E-state index contributed by atoms with van der Waals surface area (Å²) in [5.41, 5.74) is 1.19. The minimum absolute atomic E-state index is 0.144. The second-order valence-corrected chi connectivity index (χ2v) is 5.54. The van der Waals surface area contributed by atoms with Crippen LogP contribution in [0.3, 0.4) is 0 Å². The number of rotatable bonds is 9. The molecule has 0 amide bonds. The van der Waals surface area contributed by atoms with Crippen molar-refractivity contribution in [3.63, 3.8) is 0 Å². The van der Waals surface area contributed by atoms with Crippen LogP contribution in [0.5, 0.6) is 5.75 Å². The largest absolute Gasteiger partial charge is 0.489 e. The number of benzene rings is 1. The Morgan fingerprint density at radius 2 is 1.95 bits per heavy atom. The van der Waals surface area contributed by atoms with Crippen LogP contribution >= 0.6 is 11.6 Å². The first-order valence-corrected chi connectivity index (χ1v) is 7.82. The van der Waals surface area contributed by atoms with Crippen molar-refractivity contribution in [2.75, 3.05) is 26.2 Å². The number of ether oxygens (including phenoxy) is 1. The van der Waals surface area contributed by atoms with Crippen molar-refractivity contribution >= 4 is 11.6 Å². The van der Waals surface area contributed by atoms with Gasteiger partial charge in [-0.05, 0) is 44.6 Å². The zero-order valence-corrected chi connectivity index (χ0v) is 13.8. The predicted octanol–water partition coefficient (Wildman–Crippen LogP) is 3.56. The van der Waals surface area contributed by atoms with Gasteiger partial charge in [-0.25, -0.2) is 0 Å². The molecular formula is C16H27ClN2O. The van der Waals surface area contributed by atoms with E-state index in [1.807, 2.05) is 26.0 Å². The molecule has 0 radical (unpaired) electrons. The molecule has 3 nitrogen and oxygen atoms in total. The van der Waals surface area contributed by atoms with E-state index in [1.54, 1.807) is 0 Å². The standard InChI is InChI=1S/C16H27ClN2O/c1-5-19(6-2)10-9-18-12-14-7-8-16(15(17)11-14)20-13(3)4/h7-8,11,13,18H,5-6,9-10,12H2,1-4H3. The van der Waals surface area contributed by atoms with Crippen LogP contribution in [0.2, 0.25) is 5.02 Å². The molecule has 0 spiro atoms. The van der Waals surface area contributed by atoms with Crippen molar-refractivity contribution in [1.82, 2.24) is 10.2 Å². The van der Waals surface area contributed by atoms with E-state index in [2.05, 4.69) is 30.1 Å². The van der Waals surface area contributed by atoms with Gasteiger partial charge >= 0.3 is 0 Å². The van der Waals surface area contributed by atoms with E-state index in [4.69, 9.17) is 16.3 Å². The first-order valence-electron chi connectivity index (χ1n) is 7.45. The summed E-state index contributed by atoms with van der Waals surface area (Å²) in [6.07, 6.45) is 0.144. The second-order valence-electron chi connectivity index (χ2n) is 5.14. The fourth-order valence-electron chi connectivity index (χ4n) is 2.01. The number of nitrogens with one attached hydrogen (secondary N) is 1. The van der Waals surface area contributed by atoms with E-state index in [1.165, 1.54) is 5.56 Å². The van der Waals surface area contributed by atoms with Gasteiger partial charge in [0, 0.05) is 19.6 Å². The number of halogens is 1. The van der Waals surface area contributed by atoms with Gasteiger partial charge < -0.3 is 15.0 Å². The maximum absolute atomic E-state index is 6.22. The first kappa shape index (κ1) is 17.3. The van der Waals surface area contributed by atoms with E-state index < -0.39 is 0 Å². The van der Waals surface area contributed by atoms with Crippen molar-refractivity contribution in [2.45, 2.75) is 40.3 Å². The van der Waals surface area contributed by atoms with Gasteiger partial charge in [-0.1, -0.05) is 31.5 Å². The Hall–Kier alpha value is -0.770. The molecule has 1 rings (SSSR count). The molecule has 0 aromatic heterocycles. The lowest BCUT2D eigenvalue weighted by Crippen LogP contribution is -2.31. The van der Waals surface area contributed by atoms with Gasteiger partial charge in [0.05, 0.1) is 11.1 Å². The smallest absolute Gasteiger partial charge is 0.138 e. The van der Waals surface area contributed by atoms with Crippen molar-refractivity contribution in [2.24, 2.45) is 0 Å². The average molecular weight is 299 g/mol. The fourth-order valence-corrected chi connectivity index (χ4v) is 2.26. The predicted molar refractivity (Wildman–Crippen MR) is 86.7 cm³/mol. The third-order valence-corrected chi connectivity index (χ3v) is 3.48. The van der Waals surface area contributed by atoms with Gasteiger partial charge in [-0.15, -0.1) is 0 Å². The molecule has 1 aromatic rings. The highest BCUT2D eigenvalue weighted by molar-refractivity contribution is 6.32. The van der Waals surface area contributed by atoms with Crippen molar-refractivity contribution < 1.29 is 4.74 Å². The van der Waals surface area contributed by atoms with Crippen LogP contribution in [0.1, 0.15) is 33.3 Å². The van der Waals surface area contributed by atoms with Crippen LogP contribution in [0.15, 0.2) is 18.2 Å². The molecule has 0 saturated heterocycles. The second kappa shape index (κ2) is 9.22. The fraction of sp³-hybridized carbons (Fsp3) is 0.625. The zero-order chi connectivity index (χ0) is 15.0. The minimum atomic E-state index is 0.144. The SMILES string of the molecule is CCN(CC)CCNCc1ccc(OC(C)C)c(Cl)c1. The lowest BCUT2D eigenvalue weighted by Gasteiger charge is -2.18. The van der Waals surface area contributed by atoms with Crippen LogP contribution in [0, 0.1) is 0 Å². The first-order chi connectivity index (χ1) is 9.56. The van der Waals surface area contributed by atoms with Crippen molar-refractivity contribution in [1.29, 1.82) is 0 Å². The van der Waals surface area contributed by atoms with E-state index in [0.717, 1.165) is 38.5 Å². The molecule has 0 fully saturated rings. The van der Waals surface area contributed by atoms with E-state index in [0.29, 0.717) is 5.02 Å². The lowest BCUT2D eigenvalue weighted by molar-refractivity contribution is 0.242. The Morgan fingerprint density at radius 3 is 2.50 bits per heavy atom. The molecule has 1 aromatic carbocycles. The van der Waals surface area contributed by atoms with Gasteiger partial charge in [0.25, 0.3) is 0 Å². The van der Waals surface area contributed by atoms with Crippen LogP contribution in [-0.4, -0.2) is 37.2 Å². The molecular weight excluding hydrogens is 272 g/mol. The Labute approximate surface area is 128 Å². The summed E-state index contributed by atoms with van der Waals surface area (Å²) in [4.78, 5) is 2.40. The number of nitrogens with zero attached hydrogens (tertiary/aromatic N) is 1. The highest BCUT2D eigenvalue weighted by Crippen LogP contribution is 2.26. The van der Waals surface area contributed by atoms with E-state index in [-0.39, 0.29) is 6.10 Å². The molecule has 0 aliphatic rings. The third-order valence-electron chi connectivity index (χ3n) is 3.19. The summed E-state index contributed by atoms with van der Waals surface area (Å²) in [5.74, 6) is 0.758. The Balaban J connectivity index is 2.39. The zero-order valence-electron chi connectivity index (χ0n) is 13.1. The molecule has 4 heteroatoms. The average Bonchev–Trinajstić information content (AvgIpc) is 2.41. The van der Waals surface area contributed by atoms with Crippen molar-refractivity contribution in [3.8, 4) is 5.75 Å².